The quantitative estimate of drug-likeness (QED) is 0.817. The number of hydrogen-bond donors (Lipinski definition) is 1. The van der Waals surface area contributed by atoms with E-state index in [1.165, 1.54) is 30.8 Å². The third kappa shape index (κ3) is 1.66. The lowest BCUT2D eigenvalue weighted by atomic mass is 10.00. The van der Waals surface area contributed by atoms with Crippen molar-refractivity contribution in [1.82, 2.24) is 0 Å². The van der Waals surface area contributed by atoms with Gasteiger partial charge >= 0.3 is 0 Å². The molecule has 1 unspecified atom stereocenters. The maximum absolute atomic E-state index is 3.67. The van der Waals surface area contributed by atoms with Gasteiger partial charge in [0.1, 0.15) is 0 Å². The van der Waals surface area contributed by atoms with Gasteiger partial charge < -0.3 is 10.2 Å². The fourth-order valence-corrected chi connectivity index (χ4v) is 2.51. The largest absolute Gasteiger partial charge is 0.379 e. The molecular weight excluding hydrogens is 196 g/mol. The molecule has 1 atom stereocenters. The molecule has 2 aliphatic rings. The SMILES string of the molecule is CC(C)C1CN(C2CC2)c2ccccc2N1. The van der Waals surface area contributed by atoms with Crippen molar-refractivity contribution in [1.29, 1.82) is 0 Å². The predicted molar refractivity (Wildman–Crippen MR) is 69.1 cm³/mol. The van der Waals surface area contributed by atoms with Crippen LogP contribution in [0, 0.1) is 5.92 Å². The van der Waals surface area contributed by atoms with E-state index >= 15 is 0 Å². The molecule has 0 saturated heterocycles. The molecule has 1 aromatic carbocycles. The highest BCUT2D eigenvalue weighted by atomic mass is 15.2. The zero-order valence-corrected chi connectivity index (χ0v) is 10.1. The third-order valence-corrected chi connectivity index (χ3v) is 3.74. The number of nitrogens with one attached hydrogen (secondary N) is 1. The van der Waals surface area contributed by atoms with Crippen molar-refractivity contribution in [2.75, 3.05) is 16.8 Å². The van der Waals surface area contributed by atoms with Crippen LogP contribution in [0.5, 0.6) is 0 Å². The highest BCUT2D eigenvalue weighted by Gasteiger charge is 2.35. The Labute approximate surface area is 97.6 Å². The van der Waals surface area contributed by atoms with E-state index in [2.05, 4.69) is 48.3 Å². The molecule has 0 amide bonds. The summed E-state index contributed by atoms with van der Waals surface area (Å²) in [6.07, 6.45) is 2.75. The molecule has 1 N–H and O–H groups in total. The number of para-hydroxylation sites is 2. The van der Waals surface area contributed by atoms with Gasteiger partial charge in [0.2, 0.25) is 0 Å². The van der Waals surface area contributed by atoms with E-state index < -0.39 is 0 Å². The van der Waals surface area contributed by atoms with Crippen LogP contribution in [-0.4, -0.2) is 18.6 Å². The Morgan fingerprint density at radius 1 is 1.25 bits per heavy atom. The molecule has 1 aliphatic heterocycles. The van der Waals surface area contributed by atoms with E-state index in [4.69, 9.17) is 0 Å². The molecular formula is C14H20N2. The number of anilines is 2. The second-order valence-corrected chi connectivity index (χ2v) is 5.40. The Kier molecular flexibility index (Phi) is 2.31. The molecule has 1 heterocycles. The Bertz CT molecular complexity index is 382. The molecule has 0 aromatic heterocycles. The van der Waals surface area contributed by atoms with Gasteiger partial charge in [-0.1, -0.05) is 26.0 Å². The predicted octanol–water partition coefficient (Wildman–Crippen LogP) is 3.11. The fraction of sp³-hybridized carbons (Fsp3) is 0.571. The average molecular weight is 216 g/mol. The van der Waals surface area contributed by atoms with Crippen LogP contribution in [0.15, 0.2) is 24.3 Å². The van der Waals surface area contributed by atoms with Gasteiger partial charge in [-0.15, -0.1) is 0 Å². The summed E-state index contributed by atoms with van der Waals surface area (Å²) in [6.45, 7) is 5.77. The highest BCUT2D eigenvalue weighted by Crippen LogP contribution is 2.39. The summed E-state index contributed by atoms with van der Waals surface area (Å²) in [6, 6.07) is 10.1. The average Bonchev–Trinajstić information content (AvgIpc) is 3.11. The van der Waals surface area contributed by atoms with Gasteiger partial charge in [0, 0.05) is 18.6 Å². The van der Waals surface area contributed by atoms with Crippen molar-refractivity contribution in [3.8, 4) is 0 Å². The molecule has 1 aliphatic carbocycles. The lowest BCUT2D eigenvalue weighted by molar-refractivity contribution is 0.502. The molecule has 1 saturated carbocycles. The number of rotatable bonds is 2. The Hall–Kier alpha value is -1.18. The van der Waals surface area contributed by atoms with Crippen molar-refractivity contribution in [3.63, 3.8) is 0 Å². The molecule has 16 heavy (non-hydrogen) atoms. The maximum atomic E-state index is 3.67. The smallest absolute Gasteiger partial charge is 0.0605 e. The van der Waals surface area contributed by atoms with Gasteiger partial charge in [-0.2, -0.15) is 0 Å². The summed E-state index contributed by atoms with van der Waals surface area (Å²) in [7, 11) is 0. The van der Waals surface area contributed by atoms with Gasteiger partial charge in [-0.05, 0) is 30.9 Å². The monoisotopic (exact) mass is 216 g/mol. The van der Waals surface area contributed by atoms with Crippen LogP contribution < -0.4 is 10.2 Å². The molecule has 1 fully saturated rings. The standard InChI is InChI=1S/C14H20N2/c1-10(2)13-9-16(11-7-8-11)14-6-4-3-5-12(14)15-13/h3-6,10-11,13,15H,7-9H2,1-2H3. The number of hydrogen-bond acceptors (Lipinski definition) is 2. The van der Waals surface area contributed by atoms with E-state index in [9.17, 15) is 0 Å². The summed E-state index contributed by atoms with van der Waals surface area (Å²) >= 11 is 0. The van der Waals surface area contributed by atoms with Crippen LogP contribution in [0.25, 0.3) is 0 Å². The van der Waals surface area contributed by atoms with Gasteiger partial charge in [0.05, 0.1) is 11.4 Å². The number of benzene rings is 1. The van der Waals surface area contributed by atoms with Gasteiger partial charge in [-0.3, -0.25) is 0 Å². The van der Waals surface area contributed by atoms with Crippen LogP contribution >= 0.6 is 0 Å². The first-order chi connectivity index (χ1) is 7.75. The number of fused-ring (bicyclic) bond motifs is 1. The molecule has 1 aromatic rings. The van der Waals surface area contributed by atoms with Gasteiger partial charge in [0.15, 0.2) is 0 Å². The first kappa shape index (κ1) is 10.0. The second-order valence-electron chi connectivity index (χ2n) is 5.40. The van der Waals surface area contributed by atoms with Crippen LogP contribution in [0.2, 0.25) is 0 Å². The van der Waals surface area contributed by atoms with Crippen LogP contribution in [0.4, 0.5) is 11.4 Å². The summed E-state index contributed by atoms with van der Waals surface area (Å²) in [4.78, 5) is 2.61. The lowest BCUT2D eigenvalue weighted by Gasteiger charge is -2.39. The second kappa shape index (κ2) is 3.69. The minimum Gasteiger partial charge on any atom is -0.379 e. The minimum absolute atomic E-state index is 0.593. The van der Waals surface area contributed by atoms with Crippen molar-refractivity contribution < 1.29 is 0 Å². The fourth-order valence-electron chi connectivity index (χ4n) is 2.51. The minimum atomic E-state index is 0.593. The van der Waals surface area contributed by atoms with Crippen molar-refractivity contribution in [2.24, 2.45) is 5.92 Å². The summed E-state index contributed by atoms with van der Waals surface area (Å²) < 4.78 is 0. The van der Waals surface area contributed by atoms with Crippen molar-refractivity contribution in [2.45, 2.75) is 38.8 Å². The van der Waals surface area contributed by atoms with Crippen LogP contribution in [-0.2, 0) is 0 Å². The maximum Gasteiger partial charge on any atom is 0.0605 e. The molecule has 3 rings (SSSR count). The van der Waals surface area contributed by atoms with Gasteiger partial charge in [-0.25, -0.2) is 0 Å². The third-order valence-electron chi connectivity index (χ3n) is 3.74. The van der Waals surface area contributed by atoms with Gasteiger partial charge in [0.25, 0.3) is 0 Å². The zero-order chi connectivity index (χ0) is 11.1. The normalized spacial score (nSPS) is 24.2. The first-order valence-corrected chi connectivity index (χ1v) is 6.38. The van der Waals surface area contributed by atoms with Crippen LogP contribution in [0.3, 0.4) is 0 Å². The van der Waals surface area contributed by atoms with E-state index in [-0.39, 0.29) is 0 Å². The Morgan fingerprint density at radius 2 is 2.00 bits per heavy atom. The molecule has 86 valence electrons. The molecule has 2 nitrogen and oxygen atoms in total. The number of nitrogens with zero attached hydrogens (tertiary/aromatic N) is 1. The molecule has 0 radical (unpaired) electrons. The summed E-state index contributed by atoms with van der Waals surface area (Å²) in [5.41, 5.74) is 2.72. The van der Waals surface area contributed by atoms with Crippen molar-refractivity contribution in [3.05, 3.63) is 24.3 Å². The topological polar surface area (TPSA) is 15.3 Å². The zero-order valence-electron chi connectivity index (χ0n) is 10.1. The summed E-state index contributed by atoms with van der Waals surface area (Å²) in [5, 5.41) is 3.67. The lowest BCUT2D eigenvalue weighted by Crippen LogP contribution is -2.45. The highest BCUT2D eigenvalue weighted by molar-refractivity contribution is 5.73. The Balaban J connectivity index is 1.93. The molecule has 0 spiro atoms. The summed E-state index contributed by atoms with van der Waals surface area (Å²) in [5.74, 6) is 0.689. The molecule has 2 heteroatoms. The van der Waals surface area contributed by atoms with Crippen molar-refractivity contribution >= 4 is 11.4 Å². The van der Waals surface area contributed by atoms with E-state index in [1.807, 2.05) is 0 Å². The van der Waals surface area contributed by atoms with Crippen LogP contribution in [0.1, 0.15) is 26.7 Å². The van der Waals surface area contributed by atoms with E-state index in [1.54, 1.807) is 0 Å². The van der Waals surface area contributed by atoms with E-state index in [0.717, 1.165) is 6.04 Å². The van der Waals surface area contributed by atoms with E-state index in [0.29, 0.717) is 12.0 Å². The first-order valence-electron chi connectivity index (χ1n) is 6.38. The molecule has 0 bridgehead atoms. The Morgan fingerprint density at radius 3 is 2.69 bits per heavy atom.